The van der Waals surface area contributed by atoms with Gasteiger partial charge in [-0.2, -0.15) is 0 Å². The van der Waals surface area contributed by atoms with Gasteiger partial charge in [0.15, 0.2) is 6.10 Å². The molecule has 1 amide bonds. The Hall–Kier alpha value is -4.41. The van der Waals surface area contributed by atoms with Crippen molar-refractivity contribution >= 4 is 38.7 Å². The molecule has 0 aliphatic carbocycles. The van der Waals surface area contributed by atoms with Crippen molar-refractivity contribution in [1.29, 1.82) is 0 Å². The summed E-state index contributed by atoms with van der Waals surface area (Å²) in [4.78, 5) is 24.3. The van der Waals surface area contributed by atoms with Crippen molar-refractivity contribution in [2.24, 2.45) is 0 Å². The SMILES string of the molecule is CCCCCCCCCC[C@H](Oc1ccc(S(=O)(=O)c2ccc(OCc3ccccc3)cc2)cc1)C(=O)Nc1ccc(Cl)c([N+](=O)[O-])c1. The quantitative estimate of drug-likeness (QED) is 0.0589. The van der Waals surface area contributed by atoms with Crippen molar-refractivity contribution in [3.63, 3.8) is 0 Å². The van der Waals surface area contributed by atoms with Crippen molar-refractivity contribution in [3.05, 3.63) is 118 Å². The van der Waals surface area contributed by atoms with Crippen LogP contribution in [0.4, 0.5) is 11.4 Å². The molecule has 0 bridgehead atoms. The lowest BCUT2D eigenvalue weighted by atomic mass is 10.1. The van der Waals surface area contributed by atoms with Crippen molar-refractivity contribution in [3.8, 4) is 11.5 Å². The summed E-state index contributed by atoms with van der Waals surface area (Å²) in [7, 11) is -3.83. The number of carbonyl (C=O) groups excluding carboxylic acids is 1. The number of nitro groups is 1. The van der Waals surface area contributed by atoms with Crippen molar-refractivity contribution in [2.45, 2.75) is 87.2 Å². The Morgan fingerprint density at radius 2 is 1.40 bits per heavy atom. The molecule has 0 fully saturated rings. The largest absolute Gasteiger partial charge is 0.489 e. The summed E-state index contributed by atoms with van der Waals surface area (Å²) in [5.74, 6) is 0.400. The maximum absolute atomic E-state index is 13.4. The second-order valence-electron chi connectivity index (χ2n) is 11.5. The normalized spacial score (nSPS) is 11.9. The van der Waals surface area contributed by atoms with E-state index in [1.54, 1.807) is 12.1 Å². The number of benzene rings is 4. The molecule has 4 aromatic carbocycles. The van der Waals surface area contributed by atoms with Gasteiger partial charge in [0.1, 0.15) is 23.1 Å². The molecule has 0 unspecified atom stereocenters. The first-order chi connectivity index (χ1) is 23.2. The van der Waals surface area contributed by atoms with Crippen LogP contribution in [-0.2, 0) is 21.2 Å². The van der Waals surface area contributed by atoms with Gasteiger partial charge in [0.25, 0.3) is 11.6 Å². The van der Waals surface area contributed by atoms with Gasteiger partial charge in [-0.05, 0) is 79.1 Å². The predicted octanol–water partition coefficient (Wildman–Crippen LogP) is 9.58. The molecule has 0 spiro atoms. The van der Waals surface area contributed by atoms with Gasteiger partial charge in [0, 0.05) is 11.8 Å². The zero-order valence-electron chi connectivity index (χ0n) is 27.0. The zero-order chi connectivity index (χ0) is 34.4. The average molecular weight is 693 g/mol. The third-order valence-corrected chi connectivity index (χ3v) is 9.92. The van der Waals surface area contributed by atoms with Crippen LogP contribution in [0.1, 0.15) is 70.3 Å². The highest BCUT2D eigenvalue weighted by molar-refractivity contribution is 7.91. The maximum atomic E-state index is 13.4. The molecule has 0 aliphatic heterocycles. The molecule has 9 nitrogen and oxygen atoms in total. The Morgan fingerprint density at radius 3 is 2.00 bits per heavy atom. The Labute approximate surface area is 287 Å². The Balaban J connectivity index is 1.41. The number of anilines is 1. The van der Waals surface area contributed by atoms with Gasteiger partial charge < -0.3 is 14.8 Å². The molecule has 0 aliphatic rings. The average Bonchev–Trinajstić information content (AvgIpc) is 3.09. The topological polar surface area (TPSA) is 125 Å². The third-order valence-electron chi connectivity index (χ3n) is 7.82. The number of amides is 1. The second-order valence-corrected chi connectivity index (χ2v) is 13.9. The number of nitrogens with one attached hydrogen (secondary N) is 1. The van der Waals surface area contributed by atoms with Crippen molar-refractivity contribution in [2.75, 3.05) is 5.32 Å². The van der Waals surface area contributed by atoms with E-state index in [9.17, 15) is 23.3 Å². The van der Waals surface area contributed by atoms with Crippen LogP contribution < -0.4 is 14.8 Å². The second kappa shape index (κ2) is 18.2. The number of rotatable bonds is 19. The van der Waals surface area contributed by atoms with Crippen LogP contribution >= 0.6 is 11.6 Å². The lowest BCUT2D eigenvalue weighted by Crippen LogP contribution is -2.33. The summed E-state index contributed by atoms with van der Waals surface area (Å²) >= 11 is 5.93. The van der Waals surface area contributed by atoms with Crippen LogP contribution in [-0.4, -0.2) is 25.4 Å². The summed E-state index contributed by atoms with van der Waals surface area (Å²) in [5.41, 5.74) is 0.905. The lowest BCUT2D eigenvalue weighted by molar-refractivity contribution is -0.384. The minimum Gasteiger partial charge on any atom is -0.489 e. The molecule has 4 rings (SSSR count). The van der Waals surface area contributed by atoms with Crippen LogP contribution in [0.15, 0.2) is 107 Å². The molecular weight excluding hydrogens is 652 g/mol. The number of halogens is 1. The smallest absolute Gasteiger partial charge is 0.289 e. The molecule has 254 valence electrons. The van der Waals surface area contributed by atoms with Gasteiger partial charge in [-0.25, -0.2) is 8.42 Å². The minimum absolute atomic E-state index is 0.0351. The number of sulfone groups is 1. The molecule has 1 atom stereocenters. The van der Waals surface area contributed by atoms with Crippen LogP contribution in [0.3, 0.4) is 0 Å². The Bertz CT molecular complexity index is 1730. The van der Waals surface area contributed by atoms with Crippen LogP contribution in [0.5, 0.6) is 11.5 Å². The number of carbonyl (C=O) groups is 1. The van der Waals surface area contributed by atoms with E-state index in [1.807, 2.05) is 30.3 Å². The lowest BCUT2D eigenvalue weighted by Gasteiger charge is -2.19. The van der Waals surface area contributed by atoms with E-state index in [0.717, 1.165) is 31.2 Å². The van der Waals surface area contributed by atoms with Gasteiger partial charge >= 0.3 is 0 Å². The highest BCUT2D eigenvalue weighted by atomic mass is 35.5. The van der Waals surface area contributed by atoms with Gasteiger partial charge in [-0.3, -0.25) is 14.9 Å². The fraction of sp³-hybridized carbons (Fsp3) is 0.324. The van der Waals surface area contributed by atoms with E-state index in [-0.39, 0.29) is 26.2 Å². The summed E-state index contributed by atoms with van der Waals surface area (Å²) < 4.78 is 38.6. The first-order valence-corrected chi connectivity index (χ1v) is 18.1. The molecular formula is C37H41ClN2O7S. The number of hydrogen-bond donors (Lipinski definition) is 1. The van der Waals surface area contributed by atoms with Gasteiger partial charge in [-0.1, -0.05) is 93.8 Å². The van der Waals surface area contributed by atoms with Crippen molar-refractivity contribution < 1.29 is 27.6 Å². The molecule has 0 aromatic heterocycles. The minimum atomic E-state index is -3.83. The number of nitro benzene ring substituents is 1. The summed E-state index contributed by atoms with van der Waals surface area (Å²) in [6, 6.07) is 25.9. The molecule has 0 heterocycles. The number of nitrogens with zero attached hydrogens (tertiary/aromatic N) is 1. The van der Waals surface area contributed by atoms with E-state index < -0.39 is 26.8 Å². The van der Waals surface area contributed by atoms with Crippen LogP contribution in [0.2, 0.25) is 5.02 Å². The highest BCUT2D eigenvalue weighted by Gasteiger charge is 2.23. The summed E-state index contributed by atoms with van der Waals surface area (Å²) in [6.45, 7) is 2.55. The van der Waals surface area contributed by atoms with Gasteiger partial charge in [0.05, 0.1) is 14.7 Å². The molecule has 4 aromatic rings. The van der Waals surface area contributed by atoms with Crippen LogP contribution in [0.25, 0.3) is 0 Å². The Kier molecular flexibility index (Phi) is 13.8. The Morgan fingerprint density at radius 1 is 0.812 bits per heavy atom. The number of unbranched alkanes of at least 4 members (excludes halogenated alkanes) is 7. The first kappa shape index (κ1) is 36.4. The molecule has 1 N–H and O–H groups in total. The van der Waals surface area contributed by atoms with Crippen molar-refractivity contribution in [1.82, 2.24) is 0 Å². The van der Waals surface area contributed by atoms with Gasteiger partial charge in [0.2, 0.25) is 9.84 Å². The predicted molar refractivity (Wildman–Crippen MR) is 187 cm³/mol. The van der Waals surface area contributed by atoms with E-state index >= 15 is 0 Å². The summed E-state index contributed by atoms with van der Waals surface area (Å²) in [6.07, 6.45) is 8.18. The van der Waals surface area contributed by atoms with E-state index in [2.05, 4.69) is 12.2 Å². The fourth-order valence-corrected chi connectivity index (χ4v) is 6.56. The summed E-state index contributed by atoms with van der Waals surface area (Å²) in [5, 5.41) is 14.0. The number of ether oxygens (including phenoxy) is 2. The van der Waals surface area contributed by atoms with E-state index in [0.29, 0.717) is 24.5 Å². The maximum Gasteiger partial charge on any atom is 0.289 e. The first-order valence-electron chi connectivity index (χ1n) is 16.2. The monoisotopic (exact) mass is 692 g/mol. The zero-order valence-corrected chi connectivity index (χ0v) is 28.5. The molecule has 11 heteroatoms. The standard InChI is InChI=1S/C37H41ClN2O7S/c1-2-3-4-5-6-7-8-12-15-36(37(41)39-29-16-25-34(38)35(26-29)40(42)43)47-31-19-23-33(24-20-31)48(44,45)32-21-17-30(18-22-32)46-27-28-13-10-9-11-14-28/h9-11,13-14,16-26,36H,2-8,12,15,27H2,1H3,(H,39,41)/t36-/m0/s1. The fourth-order valence-electron chi connectivity index (χ4n) is 5.11. The van der Waals surface area contributed by atoms with Gasteiger partial charge in [-0.15, -0.1) is 0 Å². The number of hydrogen-bond acceptors (Lipinski definition) is 7. The van der Waals surface area contributed by atoms with E-state index in [1.165, 1.54) is 80.3 Å². The van der Waals surface area contributed by atoms with Crippen LogP contribution in [0, 0.1) is 10.1 Å². The third kappa shape index (κ3) is 10.8. The highest BCUT2D eigenvalue weighted by Crippen LogP contribution is 2.29. The molecule has 0 saturated heterocycles. The van der Waals surface area contributed by atoms with E-state index in [4.69, 9.17) is 21.1 Å². The molecule has 48 heavy (non-hydrogen) atoms. The molecule has 0 saturated carbocycles. The molecule has 0 radical (unpaired) electrons.